The lowest BCUT2D eigenvalue weighted by Gasteiger charge is -2.42. The molecule has 39 heteroatoms. The second-order valence-corrected chi connectivity index (χ2v) is 20.0. The van der Waals surface area contributed by atoms with Crippen molar-refractivity contribution >= 4 is 21.8 Å². The fourth-order valence-corrected chi connectivity index (χ4v) is 8.44. The van der Waals surface area contributed by atoms with Gasteiger partial charge in [0.05, 0.1) is 11.0 Å². The van der Waals surface area contributed by atoms with Gasteiger partial charge < -0.3 is 14.2 Å². The Balaban J connectivity index is 1.15. The number of pyridine rings is 2. The van der Waals surface area contributed by atoms with Crippen molar-refractivity contribution in [2.24, 2.45) is 0 Å². The van der Waals surface area contributed by atoms with Gasteiger partial charge in [0.1, 0.15) is 37.1 Å². The molecular weight excluding hydrogens is 1380 g/mol. The van der Waals surface area contributed by atoms with E-state index in [1.54, 1.807) is 42.5 Å². The van der Waals surface area contributed by atoms with Crippen LogP contribution in [0.5, 0.6) is 17.2 Å². The maximum absolute atomic E-state index is 15.1. The maximum Gasteiger partial charge on any atom is 0.460 e. The van der Waals surface area contributed by atoms with Gasteiger partial charge in [0.25, 0.3) is 0 Å². The topological polar surface area (TPSA) is 53.5 Å². The number of fused-ring (bicyclic) bond motifs is 3. The summed E-state index contributed by atoms with van der Waals surface area (Å²) in [6.07, 6.45) is -12.9. The Morgan fingerprint density at radius 1 is 0.277 bits per heavy atom. The first-order valence-corrected chi connectivity index (χ1v) is 24.9. The summed E-state index contributed by atoms with van der Waals surface area (Å²) in [5, 5.41) is 1.34. The van der Waals surface area contributed by atoms with Crippen LogP contribution in [0, 0.1) is 0 Å². The highest BCUT2D eigenvalue weighted by molar-refractivity contribution is 6.10. The van der Waals surface area contributed by atoms with E-state index in [-0.39, 0.29) is 59.8 Å². The fraction of sp³-hybridized carbons (Fsp3) is 0.345. The summed E-state index contributed by atoms with van der Waals surface area (Å²) < 4.78 is 491. The molecule has 0 aliphatic carbocycles. The molecule has 0 bridgehead atoms. The van der Waals surface area contributed by atoms with E-state index in [9.17, 15) is 132 Å². The van der Waals surface area contributed by atoms with Crippen molar-refractivity contribution in [3.05, 3.63) is 162 Å². The number of rotatable bonds is 24. The van der Waals surface area contributed by atoms with Gasteiger partial charge in [-0.05, 0) is 70.3 Å². The van der Waals surface area contributed by atoms with E-state index in [4.69, 9.17) is 14.2 Å². The smallest absolute Gasteiger partial charge is 0.460 e. The number of halogens is 34. The maximum atomic E-state index is 15.1. The Morgan fingerprint density at radius 3 is 0.968 bits per heavy atom. The van der Waals surface area contributed by atoms with Gasteiger partial charge in [-0.1, -0.05) is 72.8 Å². The van der Waals surface area contributed by atoms with Gasteiger partial charge >= 0.3 is 95.3 Å². The van der Waals surface area contributed by atoms with Crippen LogP contribution in [-0.2, 0) is 31.7 Å². The molecule has 0 aliphatic rings. The summed E-state index contributed by atoms with van der Waals surface area (Å²) in [6.45, 7) is -2.62. The summed E-state index contributed by atoms with van der Waals surface area (Å²) in [6, 6.07) is 17.1. The quantitative estimate of drug-likeness (QED) is 0.0446. The van der Waals surface area contributed by atoms with Crippen LogP contribution >= 0.6 is 0 Å². The molecule has 514 valence electrons. The number of ether oxygens (including phenoxy) is 3. The van der Waals surface area contributed by atoms with Crippen LogP contribution in [-0.4, -0.2) is 93.4 Å². The highest BCUT2D eigenvalue weighted by Crippen LogP contribution is 2.67. The Labute approximate surface area is 499 Å². The Kier molecular flexibility index (Phi) is 18.3. The van der Waals surface area contributed by atoms with Crippen LogP contribution in [0.15, 0.2) is 134 Å². The Morgan fingerprint density at radius 2 is 0.596 bits per heavy atom. The van der Waals surface area contributed by atoms with Gasteiger partial charge in [-0.15, -0.1) is 0 Å². The zero-order valence-electron chi connectivity index (χ0n) is 44.8. The predicted molar refractivity (Wildman–Crippen MR) is 254 cm³/mol. The fourth-order valence-electron chi connectivity index (χ4n) is 8.44. The van der Waals surface area contributed by atoms with Crippen LogP contribution in [0.4, 0.5) is 149 Å². The average Bonchev–Trinajstić information content (AvgIpc) is 0.700. The zero-order valence-corrected chi connectivity index (χ0v) is 44.8. The molecule has 2 heterocycles. The molecule has 0 N–H and O–H groups in total. The molecule has 0 fully saturated rings. The molecule has 0 saturated carbocycles. The van der Waals surface area contributed by atoms with Crippen molar-refractivity contribution in [3.63, 3.8) is 0 Å². The Bertz CT molecular complexity index is 3700. The van der Waals surface area contributed by atoms with Gasteiger partial charge in [0.15, 0.2) is 0 Å². The highest BCUT2D eigenvalue weighted by Gasteiger charge is 2.97. The van der Waals surface area contributed by atoms with Crippen LogP contribution in [0.3, 0.4) is 0 Å². The van der Waals surface area contributed by atoms with E-state index in [2.05, 4.69) is 9.97 Å². The van der Waals surface area contributed by atoms with Crippen LogP contribution in [0.25, 0.3) is 32.9 Å². The second kappa shape index (κ2) is 23.4. The van der Waals surface area contributed by atoms with Crippen molar-refractivity contribution < 1.29 is 163 Å². The number of nitrogens with zero attached hydrogens (tertiary/aromatic N) is 2. The standard InChI is InChI=1S/C55H28F34N2O3/c56-40(57,42(60,61)44(64,65)46(68,69)48(72,73)50(76,77)52(80,81)54(84,85)86)31-11-5-26(6-12-31)23-93-34-19-28(25-92-33-15-9-29(10-16-33)37-21-30-3-1-17-90-38(30)39-36(37)4-2-18-91-39)20-35(22-34)94-24-27-7-13-32(14-8-27)41(58,59)43(62,63)45(66,67)47(70,71)49(74,75)51(78,79)53(82,83)55(87,88)89/h1-22H,23-25H2. The van der Waals surface area contributed by atoms with Crippen LogP contribution in [0.2, 0.25) is 0 Å². The molecule has 5 nitrogen and oxygen atoms in total. The number of benzene rings is 5. The van der Waals surface area contributed by atoms with Crippen molar-refractivity contribution in [2.45, 2.75) is 115 Å². The summed E-state index contributed by atoms with van der Waals surface area (Å²) in [5.74, 6) is -118. The molecule has 0 unspecified atom stereocenters. The molecule has 5 aromatic carbocycles. The van der Waals surface area contributed by atoms with Gasteiger partial charge in [-0.25, -0.2) is 0 Å². The molecule has 0 amide bonds. The summed E-state index contributed by atoms with van der Waals surface area (Å²) >= 11 is 0. The average molecular weight is 1410 g/mol. The number of hydrogen-bond donors (Lipinski definition) is 0. The van der Waals surface area contributed by atoms with Gasteiger partial charge in [-0.2, -0.15) is 149 Å². The second-order valence-electron chi connectivity index (χ2n) is 20.0. The molecule has 0 radical (unpaired) electrons. The number of alkyl halides is 34. The number of hydrogen-bond acceptors (Lipinski definition) is 5. The normalized spacial score (nSPS) is 14.6. The highest BCUT2D eigenvalue weighted by atomic mass is 19.4. The third-order valence-electron chi connectivity index (χ3n) is 13.9. The SMILES string of the molecule is FC(F)(F)C(F)(F)C(F)(F)C(F)(F)C(F)(F)C(F)(F)C(F)(F)C(F)(F)c1ccc(COc2cc(COc3ccc(-c4cc5cccnc5c5ncccc45)cc3)cc(OCc3ccc(C(F)(F)C(F)(F)C(F)(F)C(F)(F)C(F)(F)C(F)(F)C(F)(F)C(F)(F)F)cc3)c2)cc1. The molecule has 0 spiro atoms. The van der Waals surface area contributed by atoms with Crippen molar-refractivity contribution in [3.8, 4) is 28.4 Å². The van der Waals surface area contributed by atoms with Crippen LogP contribution in [0.1, 0.15) is 27.8 Å². The lowest BCUT2D eigenvalue weighted by Crippen LogP contribution is -2.74. The minimum absolute atomic E-state index is 0.0727. The van der Waals surface area contributed by atoms with Crippen molar-refractivity contribution in [1.29, 1.82) is 0 Å². The van der Waals surface area contributed by atoms with Crippen LogP contribution < -0.4 is 14.2 Å². The van der Waals surface area contributed by atoms with Crippen molar-refractivity contribution in [2.75, 3.05) is 0 Å². The van der Waals surface area contributed by atoms with E-state index >= 15 is 17.6 Å². The van der Waals surface area contributed by atoms with E-state index in [0.29, 0.717) is 32.9 Å². The van der Waals surface area contributed by atoms with E-state index in [1.165, 1.54) is 24.5 Å². The Hall–Kier alpha value is -8.06. The predicted octanol–water partition coefficient (Wildman–Crippen LogP) is 20.1. The van der Waals surface area contributed by atoms with Gasteiger partial charge in [0, 0.05) is 40.4 Å². The lowest BCUT2D eigenvalue weighted by atomic mass is 9.87. The minimum atomic E-state index is -8.89. The molecular formula is C55H28F34N2O3. The molecule has 94 heavy (non-hydrogen) atoms. The first-order chi connectivity index (χ1) is 42.5. The van der Waals surface area contributed by atoms with Gasteiger partial charge in [0.2, 0.25) is 0 Å². The first kappa shape index (κ1) is 73.4. The summed E-state index contributed by atoms with van der Waals surface area (Å²) in [4.78, 5) is 8.77. The molecule has 7 rings (SSSR count). The molecule has 2 aromatic heterocycles. The van der Waals surface area contributed by atoms with E-state index < -0.39 is 149 Å². The molecule has 7 aromatic rings. The third kappa shape index (κ3) is 11.4. The largest absolute Gasteiger partial charge is 0.489 e. The summed E-state index contributed by atoms with van der Waals surface area (Å²) in [7, 11) is 0. The van der Waals surface area contributed by atoms with E-state index in [0.717, 1.165) is 18.2 Å². The minimum Gasteiger partial charge on any atom is -0.489 e. The molecule has 0 aliphatic heterocycles. The number of aromatic nitrogens is 2. The lowest BCUT2D eigenvalue weighted by molar-refractivity contribution is -0.462. The summed E-state index contributed by atoms with van der Waals surface area (Å²) in [5.41, 5.74) is -4.02. The molecule has 0 atom stereocenters. The van der Waals surface area contributed by atoms with Crippen molar-refractivity contribution in [1.82, 2.24) is 9.97 Å². The first-order valence-electron chi connectivity index (χ1n) is 24.9. The van der Waals surface area contributed by atoms with E-state index in [1.807, 2.05) is 0 Å². The van der Waals surface area contributed by atoms with Gasteiger partial charge in [-0.3, -0.25) is 9.97 Å². The molecule has 0 saturated heterocycles. The third-order valence-corrected chi connectivity index (χ3v) is 13.9. The monoisotopic (exact) mass is 1410 g/mol. The zero-order chi connectivity index (χ0) is 71.3.